The van der Waals surface area contributed by atoms with Gasteiger partial charge in [-0.1, -0.05) is 13.8 Å². The van der Waals surface area contributed by atoms with E-state index in [0.29, 0.717) is 5.82 Å². The van der Waals surface area contributed by atoms with Crippen molar-refractivity contribution in [3.8, 4) is 0 Å². The lowest BCUT2D eigenvalue weighted by atomic mass is 10.1. The van der Waals surface area contributed by atoms with Crippen LogP contribution in [0, 0.1) is 15.9 Å². The van der Waals surface area contributed by atoms with Gasteiger partial charge in [0, 0.05) is 23.4 Å². The van der Waals surface area contributed by atoms with Crippen LogP contribution in [0.15, 0.2) is 24.3 Å². The average Bonchev–Trinajstić information content (AvgIpc) is 2.86. The minimum atomic E-state index is -1.06. The number of hydrogen-bond donors (Lipinski definition) is 2. The first-order chi connectivity index (χ1) is 9.88. The highest BCUT2D eigenvalue weighted by atomic mass is 19.1. The van der Waals surface area contributed by atoms with Crippen LogP contribution < -0.4 is 5.32 Å². The molecule has 0 fully saturated rings. The zero-order valence-corrected chi connectivity index (χ0v) is 11.4. The van der Waals surface area contributed by atoms with Crippen LogP contribution in [0.25, 0.3) is 0 Å². The van der Waals surface area contributed by atoms with Crippen LogP contribution in [0.4, 0.5) is 15.9 Å². The monoisotopic (exact) mass is 292 g/mol. The highest BCUT2D eigenvalue weighted by Crippen LogP contribution is 2.19. The summed E-state index contributed by atoms with van der Waals surface area (Å²) in [4.78, 5) is 21.6. The third kappa shape index (κ3) is 3.22. The zero-order valence-electron chi connectivity index (χ0n) is 11.4. The Bertz CT molecular complexity index is 696. The first-order valence-electron chi connectivity index (χ1n) is 6.19. The van der Waals surface area contributed by atoms with Crippen LogP contribution in [0.3, 0.4) is 0 Å². The molecule has 2 aromatic rings. The van der Waals surface area contributed by atoms with Gasteiger partial charge in [-0.3, -0.25) is 20.0 Å². The van der Waals surface area contributed by atoms with Crippen LogP contribution in [0.2, 0.25) is 0 Å². The molecule has 2 rings (SSSR count). The largest absolute Gasteiger partial charge is 0.305 e. The average molecular weight is 292 g/mol. The number of nitrogens with zero attached hydrogens (tertiary/aromatic N) is 2. The summed E-state index contributed by atoms with van der Waals surface area (Å²) >= 11 is 0. The molecule has 1 amide bonds. The van der Waals surface area contributed by atoms with Crippen molar-refractivity contribution in [2.75, 3.05) is 5.32 Å². The maximum atomic E-state index is 13.5. The number of halogens is 1. The van der Waals surface area contributed by atoms with E-state index in [1.807, 2.05) is 13.8 Å². The van der Waals surface area contributed by atoms with E-state index in [4.69, 9.17) is 0 Å². The number of nitrogens with one attached hydrogen (secondary N) is 2. The summed E-state index contributed by atoms with van der Waals surface area (Å²) in [5.74, 6) is -1.12. The molecule has 0 saturated heterocycles. The topological polar surface area (TPSA) is 101 Å². The molecule has 1 heterocycles. The Balaban J connectivity index is 2.16. The summed E-state index contributed by atoms with van der Waals surface area (Å²) in [5, 5.41) is 19.7. The van der Waals surface area contributed by atoms with E-state index in [2.05, 4.69) is 15.5 Å². The second kappa shape index (κ2) is 5.70. The van der Waals surface area contributed by atoms with Crippen LogP contribution in [-0.4, -0.2) is 21.0 Å². The lowest BCUT2D eigenvalue weighted by Crippen LogP contribution is -2.12. The molecule has 0 radical (unpaired) electrons. The molecule has 7 nitrogen and oxygen atoms in total. The molecule has 0 unspecified atom stereocenters. The number of anilines is 1. The third-order valence-electron chi connectivity index (χ3n) is 2.87. The Morgan fingerprint density at radius 2 is 2.14 bits per heavy atom. The van der Waals surface area contributed by atoms with Crippen molar-refractivity contribution in [1.82, 2.24) is 10.2 Å². The first kappa shape index (κ1) is 14.6. The zero-order chi connectivity index (χ0) is 15.6. The Labute approximate surface area is 119 Å². The van der Waals surface area contributed by atoms with E-state index in [0.717, 1.165) is 17.8 Å². The molecule has 2 N–H and O–H groups in total. The minimum Gasteiger partial charge on any atom is -0.305 e. The molecule has 1 aromatic heterocycles. The number of benzene rings is 1. The number of aromatic amines is 1. The number of nitro groups is 1. The van der Waals surface area contributed by atoms with Crippen LogP contribution >= 0.6 is 0 Å². The molecule has 21 heavy (non-hydrogen) atoms. The number of carbonyl (C=O) groups excluding carboxylic acids is 1. The van der Waals surface area contributed by atoms with Crippen LogP contribution in [0.5, 0.6) is 0 Å². The van der Waals surface area contributed by atoms with E-state index in [9.17, 15) is 19.3 Å². The van der Waals surface area contributed by atoms with E-state index in [1.165, 1.54) is 6.07 Å². The van der Waals surface area contributed by atoms with Gasteiger partial charge >= 0.3 is 5.69 Å². The molecule has 8 heteroatoms. The fraction of sp³-hybridized carbons (Fsp3) is 0.231. The molecule has 0 atom stereocenters. The number of rotatable bonds is 4. The molecule has 0 aliphatic heterocycles. The molecule has 0 aliphatic carbocycles. The van der Waals surface area contributed by atoms with Crippen molar-refractivity contribution in [1.29, 1.82) is 0 Å². The van der Waals surface area contributed by atoms with Gasteiger partial charge < -0.3 is 5.32 Å². The standard InChI is InChI=1S/C13H13FN4O3/c1-7(2)10-6-12(17-16-10)15-13(19)8-3-4-11(18(20)21)9(14)5-8/h3-7H,1-2H3,(H2,15,16,17,19). The SMILES string of the molecule is CC(C)c1cc(NC(=O)c2ccc([N+](=O)[O-])c(F)c2)n[nH]1. The Morgan fingerprint density at radius 3 is 2.67 bits per heavy atom. The predicted octanol–water partition coefficient (Wildman–Crippen LogP) is 2.83. The summed E-state index contributed by atoms with van der Waals surface area (Å²) in [5.41, 5.74) is 0.154. The molecular formula is C13H13FN4O3. The van der Waals surface area contributed by atoms with Crippen molar-refractivity contribution in [3.05, 3.63) is 51.5 Å². The van der Waals surface area contributed by atoms with Gasteiger partial charge in [0.15, 0.2) is 5.82 Å². The van der Waals surface area contributed by atoms with E-state index >= 15 is 0 Å². The summed E-state index contributed by atoms with van der Waals surface area (Å²) in [6.07, 6.45) is 0. The van der Waals surface area contributed by atoms with Crippen LogP contribution in [0.1, 0.15) is 35.8 Å². The highest BCUT2D eigenvalue weighted by Gasteiger charge is 2.17. The first-order valence-corrected chi connectivity index (χ1v) is 6.19. The van der Waals surface area contributed by atoms with E-state index < -0.39 is 22.3 Å². The van der Waals surface area contributed by atoms with Gasteiger partial charge in [0.05, 0.1) is 4.92 Å². The molecule has 0 aliphatic rings. The fourth-order valence-corrected chi connectivity index (χ4v) is 1.68. The summed E-state index contributed by atoms with van der Waals surface area (Å²) in [6.45, 7) is 3.93. The van der Waals surface area contributed by atoms with Gasteiger partial charge in [0.25, 0.3) is 5.91 Å². The predicted molar refractivity (Wildman–Crippen MR) is 73.7 cm³/mol. The van der Waals surface area contributed by atoms with Crippen molar-refractivity contribution in [2.45, 2.75) is 19.8 Å². The normalized spacial score (nSPS) is 10.7. The Hall–Kier alpha value is -2.77. The smallest absolute Gasteiger partial charge is 0.304 e. The number of hydrogen-bond acceptors (Lipinski definition) is 4. The lowest BCUT2D eigenvalue weighted by Gasteiger charge is -2.02. The van der Waals surface area contributed by atoms with Gasteiger partial charge in [-0.05, 0) is 18.1 Å². The van der Waals surface area contributed by atoms with Crippen LogP contribution in [-0.2, 0) is 0 Å². The maximum Gasteiger partial charge on any atom is 0.304 e. The van der Waals surface area contributed by atoms with Crippen molar-refractivity contribution >= 4 is 17.4 Å². The van der Waals surface area contributed by atoms with E-state index in [1.54, 1.807) is 6.07 Å². The fourth-order valence-electron chi connectivity index (χ4n) is 1.68. The second-order valence-corrected chi connectivity index (χ2v) is 4.74. The quantitative estimate of drug-likeness (QED) is 0.668. The third-order valence-corrected chi connectivity index (χ3v) is 2.87. The lowest BCUT2D eigenvalue weighted by molar-refractivity contribution is -0.387. The van der Waals surface area contributed by atoms with Gasteiger partial charge in [-0.2, -0.15) is 9.49 Å². The maximum absolute atomic E-state index is 13.5. The number of nitro benzene ring substituents is 1. The van der Waals surface area contributed by atoms with E-state index in [-0.39, 0.29) is 11.5 Å². The number of amides is 1. The second-order valence-electron chi connectivity index (χ2n) is 4.74. The summed E-state index contributed by atoms with van der Waals surface area (Å²) in [7, 11) is 0. The number of aromatic nitrogens is 2. The van der Waals surface area contributed by atoms with Gasteiger partial charge in [0.1, 0.15) is 0 Å². The van der Waals surface area contributed by atoms with Gasteiger partial charge in [-0.25, -0.2) is 0 Å². The van der Waals surface area contributed by atoms with Gasteiger partial charge in [0.2, 0.25) is 5.82 Å². The summed E-state index contributed by atoms with van der Waals surface area (Å²) in [6, 6.07) is 4.63. The minimum absolute atomic E-state index is 0.0211. The highest BCUT2D eigenvalue weighted by molar-refractivity contribution is 6.03. The van der Waals surface area contributed by atoms with Crippen molar-refractivity contribution < 1.29 is 14.1 Å². The number of H-pyrrole nitrogens is 1. The van der Waals surface area contributed by atoms with Crippen molar-refractivity contribution in [3.63, 3.8) is 0 Å². The molecule has 0 bridgehead atoms. The molecular weight excluding hydrogens is 279 g/mol. The number of carbonyl (C=O) groups is 1. The molecule has 1 aromatic carbocycles. The Kier molecular flexibility index (Phi) is 3.97. The Morgan fingerprint density at radius 1 is 1.43 bits per heavy atom. The molecule has 0 saturated carbocycles. The van der Waals surface area contributed by atoms with Crippen molar-refractivity contribution in [2.24, 2.45) is 0 Å². The van der Waals surface area contributed by atoms with Gasteiger partial charge in [-0.15, -0.1) is 0 Å². The molecule has 0 spiro atoms. The summed E-state index contributed by atoms with van der Waals surface area (Å²) < 4.78 is 13.5. The molecule has 110 valence electrons.